The first kappa shape index (κ1) is 31.9. The number of furan rings is 1. The van der Waals surface area contributed by atoms with Crippen molar-refractivity contribution in [3.8, 4) is 44.5 Å². The molecule has 0 saturated carbocycles. The summed E-state index contributed by atoms with van der Waals surface area (Å²) in [7, 11) is 0. The van der Waals surface area contributed by atoms with E-state index in [9.17, 15) is 0 Å². The third-order valence-corrected chi connectivity index (χ3v) is 12.3. The van der Waals surface area contributed by atoms with Crippen LogP contribution in [0.4, 0.5) is 17.1 Å². The van der Waals surface area contributed by atoms with E-state index in [-0.39, 0.29) is 0 Å². The predicted molar refractivity (Wildman–Crippen MR) is 236 cm³/mol. The number of rotatable bonds is 5. The minimum absolute atomic E-state index is 0.447. The van der Waals surface area contributed by atoms with Gasteiger partial charge >= 0.3 is 0 Å². The van der Waals surface area contributed by atoms with Gasteiger partial charge in [-0.15, -0.1) is 0 Å². The summed E-state index contributed by atoms with van der Waals surface area (Å²) in [6.07, 6.45) is 0. The Balaban J connectivity index is 1.14. The molecule has 0 N–H and O–H groups in total. The van der Waals surface area contributed by atoms with Gasteiger partial charge in [0.1, 0.15) is 11.2 Å². The summed E-state index contributed by atoms with van der Waals surface area (Å²) in [4.78, 5) is 2.44. The van der Waals surface area contributed by atoms with Crippen LogP contribution < -0.4 is 4.90 Å². The lowest BCUT2D eigenvalue weighted by molar-refractivity contribution is 0.670. The van der Waals surface area contributed by atoms with Gasteiger partial charge in [0.2, 0.25) is 0 Å². The van der Waals surface area contributed by atoms with Crippen LogP contribution >= 0.6 is 0 Å². The first-order chi connectivity index (χ1) is 28.3. The molecule has 0 amide bonds. The van der Waals surface area contributed by atoms with Crippen molar-refractivity contribution >= 4 is 39.0 Å². The zero-order valence-corrected chi connectivity index (χ0v) is 31.1. The van der Waals surface area contributed by atoms with Crippen LogP contribution in [0.2, 0.25) is 0 Å². The fourth-order valence-corrected chi connectivity index (χ4v) is 9.88. The van der Waals surface area contributed by atoms with Crippen LogP contribution in [-0.2, 0) is 5.41 Å². The highest BCUT2D eigenvalue weighted by Gasteiger charge is 2.51. The van der Waals surface area contributed by atoms with Crippen molar-refractivity contribution in [3.05, 3.63) is 235 Å². The molecule has 1 aromatic heterocycles. The third-order valence-electron chi connectivity index (χ3n) is 12.3. The fraction of sp³-hybridized carbons (Fsp3) is 0.0182. The lowest BCUT2D eigenvalue weighted by Gasteiger charge is -2.32. The number of fused-ring (bicyclic) bond motifs is 13. The van der Waals surface area contributed by atoms with E-state index in [1.165, 1.54) is 55.6 Å². The number of benzene rings is 9. The fourth-order valence-electron chi connectivity index (χ4n) is 9.88. The van der Waals surface area contributed by atoms with Crippen molar-refractivity contribution in [2.45, 2.75) is 5.41 Å². The Morgan fingerprint density at radius 3 is 1.47 bits per heavy atom. The van der Waals surface area contributed by atoms with E-state index in [2.05, 4.69) is 211 Å². The molecule has 57 heavy (non-hydrogen) atoms. The second kappa shape index (κ2) is 12.3. The molecule has 2 heteroatoms. The van der Waals surface area contributed by atoms with Gasteiger partial charge in [-0.3, -0.25) is 0 Å². The summed E-state index contributed by atoms with van der Waals surface area (Å²) < 4.78 is 6.66. The Bertz CT molecular complexity index is 3110. The molecular weight excluding hydrogens is 691 g/mol. The summed E-state index contributed by atoms with van der Waals surface area (Å²) in [5.41, 5.74) is 19.7. The Hall–Kier alpha value is -7.42. The highest BCUT2D eigenvalue weighted by atomic mass is 16.3. The third kappa shape index (κ3) is 4.59. The summed E-state index contributed by atoms with van der Waals surface area (Å²) >= 11 is 0. The summed E-state index contributed by atoms with van der Waals surface area (Å²) in [6, 6.07) is 77.5. The lowest BCUT2D eigenvalue weighted by Crippen LogP contribution is -2.26. The number of anilines is 3. The van der Waals surface area contributed by atoms with Crippen molar-refractivity contribution in [2.24, 2.45) is 0 Å². The zero-order chi connectivity index (χ0) is 37.5. The number of para-hydroxylation sites is 1. The van der Waals surface area contributed by atoms with Crippen molar-refractivity contribution in [3.63, 3.8) is 0 Å². The van der Waals surface area contributed by atoms with Crippen LogP contribution in [0.15, 0.2) is 217 Å². The average Bonchev–Trinajstić information content (AvgIpc) is 3.91. The number of hydrogen-bond donors (Lipinski definition) is 0. The Labute approximate surface area is 331 Å². The summed E-state index contributed by atoms with van der Waals surface area (Å²) in [5, 5.41) is 2.20. The van der Waals surface area contributed by atoms with E-state index in [1.807, 2.05) is 6.07 Å². The monoisotopic (exact) mass is 725 g/mol. The van der Waals surface area contributed by atoms with Crippen LogP contribution in [0.3, 0.4) is 0 Å². The largest absolute Gasteiger partial charge is 0.455 e. The van der Waals surface area contributed by atoms with Gasteiger partial charge in [-0.2, -0.15) is 0 Å². The van der Waals surface area contributed by atoms with Gasteiger partial charge in [0, 0.05) is 33.4 Å². The molecule has 10 aromatic rings. The van der Waals surface area contributed by atoms with Crippen LogP contribution in [0, 0.1) is 0 Å². The molecule has 12 rings (SSSR count). The molecule has 1 spiro atoms. The van der Waals surface area contributed by atoms with Crippen LogP contribution in [0.5, 0.6) is 0 Å². The first-order valence-electron chi connectivity index (χ1n) is 19.7. The maximum absolute atomic E-state index is 6.66. The number of hydrogen-bond acceptors (Lipinski definition) is 2. The van der Waals surface area contributed by atoms with Gasteiger partial charge in [-0.25, -0.2) is 0 Å². The van der Waals surface area contributed by atoms with Crippen molar-refractivity contribution in [2.75, 3.05) is 4.90 Å². The van der Waals surface area contributed by atoms with Crippen LogP contribution in [0.1, 0.15) is 22.3 Å². The van der Waals surface area contributed by atoms with E-state index < -0.39 is 5.41 Å². The second-order valence-electron chi connectivity index (χ2n) is 15.2. The molecule has 0 aliphatic heterocycles. The molecule has 0 unspecified atom stereocenters. The van der Waals surface area contributed by atoms with Gasteiger partial charge < -0.3 is 9.32 Å². The van der Waals surface area contributed by atoms with Gasteiger partial charge in [0.15, 0.2) is 0 Å². The van der Waals surface area contributed by atoms with E-state index >= 15 is 0 Å². The van der Waals surface area contributed by atoms with Gasteiger partial charge in [0.05, 0.1) is 5.41 Å². The normalized spacial score (nSPS) is 13.1. The Kier molecular flexibility index (Phi) is 6.88. The molecule has 0 radical (unpaired) electrons. The SMILES string of the molecule is c1ccc(-c2ccc(N(c3ccc4c(c3)C3(c5ccccc5-c5ccccc53)c3ccccc3-4)c3cc(-c4ccccc4)c4oc5ccccc5c4c3)cc2)cc1. The van der Waals surface area contributed by atoms with Gasteiger partial charge in [0.25, 0.3) is 0 Å². The smallest absolute Gasteiger partial charge is 0.143 e. The zero-order valence-electron chi connectivity index (χ0n) is 31.1. The lowest BCUT2D eigenvalue weighted by atomic mass is 9.70. The van der Waals surface area contributed by atoms with E-state index in [0.29, 0.717) is 0 Å². The van der Waals surface area contributed by atoms with E-state index in [4.69, 9.17) is 4.42 Å². The Morgan fingerprint density at radius 1 is 0.316 bits per heavy atom. The molecule has 0 bridgehead atoms. The average molecular weight is 726 g/mol. The molecule has 2 nitrogen and oxygen atoms in total. The van der Waals surface area contributed by atoms with Crippen molar-refractivity contribution in [1.82, 2.24) is 0 Å². The minimum atomic E-state index is -0.447. The molecule has 0 atom stereocenters. The predicted octanol–water partition coefficient (Wildman–Crippen LogP) is 14.7. The molecule has 2 aliphatic rings. The maximum atomic E-state index is 6.66. The molecule has 2 aliphatic carbocycles. The van der Waals surface area contributed by atoms with E-state index in [0.717, 1.165) is 50.1 Å². The Morgan fingerprint density at radius 2 is 0.825 bits per heavy atom. The summed E-state index contributed by atoms with van der Waals surface area (Å²) in [5.74, 6) is 0. The van der Waals surface area contributed by atoms with Crippen LogP contribution in [-0.4, -0.2) is 0 Å². The molecule has 1 heterocycles. The van der Waals surface area contributed by atoms with Crippen molar-refractivity contribution < 1.29 is 4.42 Å². The topological polar surface area (TPSA) is 16.4 Å². The van der Waals surface area contributed by atoms with Gasteiger partial charge in [-0.05, 0) is 104 Å². The quantitative estimate of drug-likeness (QED) is 0.176. The standard InChI is InChI=1S/C55H35NO/c1-3-15-36(16-4-1)37-27-29-39(30-28-37)56(41-33-47(38-17-5-2-6-18-38)54-48(34-41)46-22-10-14-26-53(46)57-54)40-31-32-45-44-21-9-13-25-51(44)55(52(45)35-40)49-23-11-7-19-42(49)43-20-8-12-24-50(43)55/h1-35H. The van der Waals surface area contributed by atoms with Crippen molar-refractivity contribution in [1.29, 1.82) is 0 Å². The van der Waals surface area contributed by atoms with Crippen LogP contribution in [0.25, 0.3) is 66.4 Å². The van der Waals surface area contributed by atoms with E-state index in [1.54, 1.807) is 0 Å². The summed E-state index contributed by atoms with van der Waals surface area (Å²) in [6.45, 7) is 0. The molecule has 0 fully saturated rings. The molecule has 9 aromatic carbocycles. The molecule has 0 saturated heterocycles. The highest BCUT2D eigenvalue weighted by molar-refractivity contribution is 6.11. The highest BCUT2D eigenvalue weighted by Crippen LogP contribution is 2.63. The second-order valence-corrected chi connectivity index (χ2v) is 15.2. The molecular formula is C55H35NO. The van der Waals surface area contributed by atoms with Gasteiger partial charge in [-0.1, -0.05) is 170 Å². The first-order valence-corrected chi connectivity index (χ1v) is 19.7. The maximum Gasteiger partial charge on any atom is 0.143 e. The number of nitrogens with zero attached hydrogens (tertiary/aromatic N) is 1. The molecule has 266 valence electrons. The minimum Gasteiger partial charge on any atom is -0.455 e.